The van der Waals surface area contributed by atoms with E-state index < -0.39 is 12.1 Å². The summed E-state index contributed by atoms with van der Waals surface area (Å²) in [6.45, 7) is 3.70. The van der Waals surface area contributed by atoms with E-state index in [-0.39, 0.29) is 11.5 Å². The highest BCUT2D eigenvalue weighted by atomic mass is 16.5. The SMILES string of the molecule is COC(=O)c1ccc(C(O)c2ccc(C)nc2C)o1. The second-order valence-electron chi connectivity index (χ2n) is 4.22. The van der Waals surface area contributed by atoms with Gasteiger partial charge in [-0.05, 0) is 32.0 Å². The Kier molecular flexibility index (Phi) is 3.66. The van der Waals surface area contributed by atoms with Gasteiger partial charge in [-0.2, -0.15) is 0 Å². The first kappa shape index (κ1) is 13.3. The van der Waals surface area contributed by atoms with Gasteiger partial charge in [-0.1, -0.05) is 6.07 Å². The molecule has 0 aliphatic heterocycles. The third-order valence-corrected chi connectivity index (χ3v) is 2.84. The number of hydrogen-bond donors (Lipinski definition) is 1. The molecule has 100 valence electrons. The number of aliphatic hydroxyl groups excluding tert-OH is 1. The second kappa shape index (κ2) is 5.24. The molecule has 0 saturated heterocycles. The zero-order chi connectivity index (χ0) is 14.0. The summed E-state index contributed by atoms with van der Waals surface area (Å²) in [5.74, 6) is -0.222. The Hall–Kier alpha value is -2.14. The zero-order valence-corrected chi connectivity index (χ0v) is 11.0. The molecule has 1 atom stereocenters. The van der Waals surface area contributed by atoms with Gasteiger partial charge in [0.1, 0.15) is 11.9 Å². The van der Waals surface area contributed by atoms with E-state index in [1.165, 1.54) is 13.2 Å². The Morgan fingerprint density at radius 1 is 1.32 bits per heavy atom. The Balaban J connectivity index is 2.31. The van der Waals surface area contributed by atoms with E-state index in [1.54, 1.807) is 12.1 Å². The minimum Gasteiger partial charge on any atom is -0.463 e. The molecule has 0 aromatic carbocycles. The van der Waals surface area contributed by atoms with Crippen molar-refractivity contribution >= 4 is 5.97 Å². The number of pyridine rings is 1. The van der Waals surface area contributed by atoms with Crippen LogP contribution >= 0.6 is 0 Å². The van der Waals surface area contributed by atoms with E-state index >= 15 is 0 Å². The monoisotopic (exact) mass is 261 g/mol. The molecule has 2 rings (SSSR count). The van der Waals surface area contributed by atoms with Gasteiger partial charge in [0, 0.05) is 17.0 Å². The predicted octanol–water partition coefficient (Wildman–Crippen LogP) is 2.16. The van der Waals surface area contributed by atoms with Crippen LogP contribution in [0.2, 0.25) is 0 Å². The summed E-state index contributed by atoms with van der Waals surface area (Å²) in [7, 11) is 1.27. The smallest absolute Gasteiger partial charge is 0.373 e. The topological polar surface area (TPSA) is 72.6 Å². The highest BCUT2D eigenvalue weighted by molar-refractivity contribution is 5.86. The predicted molar refractivity (Wildman–Crippen MR) is 67.8 cm³/mol. The van der Waals surface area contributed by atoms with Gasteiger partial charge in [-0.3, -0.25) is 4.98 Å². The molecular formula is C14H15NO4. The molecule has 0 spiro atoms. The van der Waals surface area contributed by atoms with Crippen LogP contribution in [0.5, 0.6) is 0 Å². The van der Waals surface area contributed by atoms with Crippen LogP contribution in [0.25, 0.3) is 0 Å². The first-order chi connectivity index (χ1) is 9.02. The van der Waals surface area contributed by atoms with Gasteiger partial charge in [0.05, 0.1) is 7.11 Å². The van der Waals surface area contributed by atoms with E-state index in [4.69, 9.17) is 4.42 Å². The number of carbonyl (C=O) groups is 1. The third kappa shape index (κ3) is 2.66. The number of carbonyl (C=O) groups excluding carboxylic acids is 1. The standard InChI is InChI=1S/C14H15NO4/c1-8-4-5-10(9(2)15-8)13(16)11-6-7-12(19-11)14(17)18-3/h4-7,13,16H,1-3H3. The van der Waals surface area contributed by atoms with E-state index in [2.05, 4.69) is 9.72 Å². The van der Waals surface area contributed by atoms with Crippen LogP contribution in [0, 0.1) is 13.8 Å². The minimum absolute atomic E-state index is 0.0641. The highest BCUT2D eigenvalue weighted by Gasteiger charge is 2.20. The second-order valence-corrected chi connectivity index (χ2v) is 4.22. The fraction of sp³-hybridized carbons (Fsp3) is 0.286. The van der Waals surface area contributed by atoms with Gasteiger partial charge in [0.25, 0.3) is 0 Å². The molecule has 19 heavy (non-hydrogen) atoms. The highest BCUT2D eigenvalue weighted by Crippen LogP contribution is 2.25. The van der Waals surface area contributed by atoms with Crippen LogP contribution in [0.15, 0.2) is 28.7 Å². The minimum atomic E-state index is -0.952. The quantitative estimate of drug-likeness (QED) is 0.857. The third-order valence-electron chi connectivity index (χ3n) is 2.84. The van der Waals surface area contributed by atoms with Crippen molar-refractivity contribution in [3.63, 3.8) is 0 Å². The number of aromatic nitrogens is 1. The summed E-state index contributed by atoms with van der Waals surface area (Å²) in [5, 5.41) is 10.2. The van der Waals surface area contributed by atoms with Crippen molar-refractivity contribution in [1.29, 1.82) is 0 Å². The molecule has 2 aromatic rings. The molecule has 2 heterocycles. The zero-order valence-electron chi connectivity index (χ0n) is 11.0. The number of esters is 1. The molecule has 0 bridgehead atoms. The van der Waals surface area contributed by atoms with Crippen LogP contribution in [-0.4, -0.2) is 23.2 Å². The first-order valence-corrected chi connectivity index (χ1v) is 5.83. The van der Waals surface area contributed by atoms with Crippen molar-refractivity contribution in [2.45, 2.75) is 20.0 Å². The molecule has 0 aliphatic carbocycles. The average Bonchev–Trinajstić information content (AvgIpc) is 2.86. The normalized spacial score (nSPS) is 12.2. The lowest BCUT2D eigenvalue weighted by molar-refractivity contribution is 0.0558. The number of methoxy groups -OCH3 is 1. The van der Waals surface area contributed by atoms with Gasteiger partial charge in [-0.15, -0.1) is 0 Å². The number of ether oxygens (including phenoxy) is 1. The fourth-order valence-electron chi connectivity index (χ4n) is 1.85. The number of aryl methyl sites for hydroxylation is 2. The summed E-state index contributed by atoms with van der Waals surface area (Å²) in [5.41, 5.74) is 2.25. The van der Waals surface area contributed by atoms with Gasteiger partial charge in [0.2, 0.25) is 5.76 Å². The fourth-order valence-corrected chi connectivity index (χ4v) is 1.85. The summed E-state index contributed by atoms with van der Waals surface area (Å²) in [4.78, 5) is 15.6. The van der Waals surface area contributed by atoms with E-state index in [1.807, 2.05) is 19.9 Å². The van der Waals surface area contributed by atoms with Crippen LogP contribution < -0.4 is 0 Å². The molecule has 0 saturated carbocycles. The molecule has 5 nitrogen and oxygen atoms in total. The molecule has 1 N–H and O–H groups in total. The van der Waals surface area contributed by atoms with Crippen LogP contribution in [-0.2, 0) is 4.74 Å². The molecule has 0 fully saturated rings. The van der Waals surface area contributed by atoms with Gasteiger partial charge < -0.3 is 14.3 Å². The molecule has 1 unspecified atom stereocenters. The Morgan fingerprint density at radius 2 is 2.05 bits per heavy atom. The molecular weight excluding hydrogens is 246 g/mol. The number of furan rings is 1. The van der Waals surface area contributed by atoms with Crippen LogP contribution in [0.1, 0.15) is 39.4 Å². The number of rotatable bonds is 3. The summed E-state index contributed by atoms with van der Waals surface area (Å²) >= 11 is 0. The molecule has 0 amide bonds. The number of hydrogen-bond acceptors (Lipinski definition) is 5. The number of nitrogens with zero attached hydrogens (tertiary/aromatic N) is 1. The maximum atomic E-state index is 11.3. The summed E-state index contributed by atoms with van der Waals surface area (Å²) < 4.78 is 9.83. The lowest BCUT2D eigenvalue weighted by Crippen LogP contribution is -2.03. The first-order valence-electron chi connectivity index (χ1n) is 5.83. The van der Waals surface area contributed by atoms with Crippen molar-refractivity contribution in [1.82, 2.24) is 4.98 Å². The largest absolute Gasteiger partial charge is 0.463 e. The van der Waals surface area contributed by atoms with Crippen molar-refractivity contribution in [3.05, 3.63) is 52.7 Å². The molecule has 0 aliphatic rings. The Bertz CT molecular complexity index is 603. The number of aliphatic hydroxyl groups is 1. The van der Waals surface area contributed by atoms with Gasteiger partial charge >= 0.3 is 5.97 Å². The molecule has 2 aromatic heterocycles. The molecule has 5 heteroatoms. The maximum absolute atomic E-state index is 11.3. The van der Waals surface area contributed by atoms with E-state index in [9.17, 15) is 9.90 Å². The van der Waals surface area contributed by atoms with Crippen molar-refractivity contribution < 1.29 is 19.1 Å². The van der Waals surface area contributed by atoms with E-state index in [0.717, 1.165) is 11.4 Å². The average molecular weight is 261 g/mol. The van der Waals surface area contributed by atoms with Crippen molar-refractivity contribution in [3.8, 4) is 0 Å². The van der Waals surface area contributed by atoms with Gasteiger partial charge in [0.15, 0.2) is 0 Å². The van der Waals surface area contributed by atoms with Crippen LogP contribution in [0.3, 0.4) is 0 Å². The Morgan fingerprint density at radius 3 is 2.68 bits per heavy atom. The lowest BCUT2D eigenvalue weighted by Gasteiger charge is -2.11. The molecule has 0 radical (unpaired) electrons. The van der Waals surface area contributed by atoms with Crippen molar-refractivity contribution in [2.24, 2.45) is 0 Å². The van der Waals surface area contributed by atoms with E-state index in [0.29, 0.717) is 5.56 Å². The lowest BCUT2D eigenvalue weighted by atomic mass is 10.1. The summed E-state index contributed by atoms with van der Waals surface area (Å²) in [6, 6.07) is 6.63. The van der Waals surface area contributed by atoms with Crippen molar-refractivity contribution in [2.75, 3.05) is 7.11 Å². The van der Waals surface area contributed by atoms with Crippen LogP contribution in [0.4, 0.5) is 0 Å². The van der Waals surface area contributed by atoms with Gasteiger partial charge in [-0.25, -0.2) is 4.79 Å². The Labute approximate surface area is 110 Å². The maximum Gasteiger partial charge on any atom is 0.373 e. The summed E-state index contributed by atoms with van der Waals surface area (Å²) in [6.07, 6.45) is -0.952.